The molecular weight excluding hydrogens is 524 g/mol. The van der Waals surface area contributed by atoms with Crippen molar-refractivity contribution >= 4 is 28.9 Å². The van der Waals surface area contributed by atoms with Crippen LogP contribution in [0.1, 0.15) is 70.9 Å². The van der Waals surface area contributed by atoms with Crippen LogP contribution in [-0.4, -0.2) is 25.0 Å². The summed E-state index contributed by atoms with van der Waals surface area (Å²) in [6.45, 7) is 13.9. The predicted molar refractivity (Wildman–Crippen MR) is 166 cm³/mol. The number of carbonyl (C=O) groups is 2. The lowest BCUT2D eigenvalue weighted by molar-refractivity contribution is -0.117. The van der Waals surface area contributed by atoms with Crippen LogP contribution in [-0.2, 0) is 15.1 Å². The van der Waals surface area contributed by atoms with E-state index in [0.29, 0.717) is 29.0 Å². The summed E-state index contributed by atoms with van der Waals surface area (Å²) in [4.78, 5) is 31.1. The van der Waals surface area contributed by atoms with Crippen molar-refractivity contribution in [1.29, 1.82) is 0 Å². The van der Waals surface area contributed by atoms with Gasteiger partial charge in [-0.3, -0.25) is 9.69 Å². The normalized spacial score (nSPS) is 16.3. The van der Waals surface area contributed by atoms with Gasteiger partial charge in [-0.25, -0.2) is 4.79 Å². The summed E-state index contributed by atoms with van der Waals surface area (Å²) >= 11 is 0. The second-order valence-electron chi connectivity index (χ2n) is 11.1. The number of fused-ring (bicyclic) bond motifs is 6. The monoisotopic (exact) mass is 560 g/mol. The maximum atomic E-state index is 13.6. The standard InChI is InChI=1S/C36H36N2O4/c1-7-34(39)38(30-17-14-22(4)18-23(30)5)31-21-29-32(19-24(31)6)41-33-20-25(37(8-2)9-3)15-16-28(33)36(29)27-13-11-10-12-26(27)35(40)42-36/h10-21H,7-9H2,1-6H3. The molecule has 6 heteroatoms. The maximum Gasteiger partial charge on any atom is 0.340 e. The smallest absolute Gasteiger partial charge is 0.340 e. The maximum absolute atomic E-state index is 13.6. The zero-order valence-electron chi connectivity index (χ0n) is 25.1. The lowest BCUT2D eigenvalue weighted by atomic mass is 9.77. The highest BCUT2D eigenvalue weighted by Gasteiger charge is 2.54. The number of benzene rings is 4. The average Bonchev–Trinajstić information content (AvgIpc) is 3.27. The zero-order valence-corrected chi connectivity index (χ0v) is 25.1. The van der Waals surface area contributed by atoms with Crippen LogP contribution in [0.4, 0.5) is 17.1 Å². The molecule has 214 valence electrons. The third-order valence-electron chi connectivity index (χ3n) is 8.53. The molecule has 0 aliphatic carbocycles. The molecule has 4 aromatic rings. The van der Waals surface area contributed by atoms with E-state index in [0.717, 1.165) is 58.0 Å². The van der Waals surface area contributed by atoms with Gasteiger partial charge in [-0.2, -0.15) is 0 Å². The fourth-order valence-electron chi connectivity index (χ4n) is 6.44. The van der Waals surface area contributed by atoms with Crippen molar-refractivity contribution in [2.75, 3.05) is 22.9 Å². The molecule has 42 heavy (non-hydrogen) atoms. The molecule has 1 spiro atoms. The third kappa shape index (κ3) is 4.08. The van der Waals surface area contributed by atoms with Gasteiger partial charge in [0, 0.05) is 48.0 Å². The Hall–Kier alpha value is -4.58. The summed E-state index contributed by atoms with van der Waals surface area (Å²) < 4.78 is 13.1. The van der Waals surface area contributed by atoms with Crippen LogP contribution in [0.5, 0.6) is 11.5 Å². The quantitative estimate of drug-likeness (QED) is 0.223. The van der Waals surface area contributed by atoms with E-state index < -0.39 is 5.60 Å². The van der Waals surface area contributed by atoms with Gasteiger partial charge in [-0.15, -0.1) is 0 Å². The first kappa shape index (κ1) is 27.6. The molecule has 1 unspecified atom stereocenters. The van der Waals surface area contributed by atoms with E-state index in [9.17, 15) is 9.59 Å². The molecule has 4 aromatic carbocycles. The number of amides is 1. The highest BCUT2D eigenvalue weighted by atomic mass is 16.6. The van der Waals surface area contributed by atoms with Crippen molar-refractivity contribution in [3.05, 3.63) is 112 Å². The van der Waals surface area contributed by atoms with Crippen LogP contribution in [0.2, 0.25) is 0 Å². The topological polar surface area (TPSA) is 59.1 Å². The minimum absolute atomic E-state index is 0.0242. The van der Waals surface area contributed by atoms with Gasteiger partial charge in [0.15, 0.2) is 5.60 Å². The van der Waals surface area contributed by atoms with E-state index in [1.54, 1.807) is 4.90 Å². The van der Waals surface area contributed by atoms with Crippen LogP contribution in [0.3, 0.4) is 0 Å². The Morgan fingerprint density at radius 2 is 1.48 bits per heavy atom. The molecule has 1 amide bonds. The summed E-state index contributed by atoms with van der Waals surface area (Å²) in [5.74, 6) is 0.855. The van der Waals surface area contributed by atoms with Gasteiger partial charge in [-0.05, 0) is 82.1 Å². The van der Waals surface area contributed by atoms with Crippen LogP contribution in [0, 0.1) is 20.8 Å². The molecule has 0 fully saturated rings. The van der Waals surface area contributed by atoms with Crippen LogP contribution in [0.15, 0.2) is 72.8 Å². The molecule has 6 rings (SSSR count). The van der Waals surface area contributed by atoms with Crippen LogP contribution >= 0.6 is 0 Å². The summed E-state index contributed by atoms with van der Waals surface area (Å²) in [7, 11) is 0. The molecule has 0 bridgehead atoms. The van der Waals surface area contributed by atoms with Crippen molar-refractivity contribution in [2.24, 2.45) is 0 Å². The molecule has 0 aromatic heterocycles. The van der Waals surface area contributed by atoms with Crippen molar-refractivity contribution in [3.8, 4) is 11.5 Å². The first-order valence-electron chi connectivity index (χ1n) is 14.7. The summed E-state index contributed by atoms with van der Waals surface area (Å²) in [5.41, 5.74) is 7.16. The lowest BCUT2D eigenvalue weighted by Gasteiger charge is -2.38. The van der Waals surface area contributed by atoms with Gasteiger partial charge in [0.05, 0.1) is 16.9 Å². The van der Waals surface area contributed by atoms with Crippen LogP contribution < -0.4 is 14.5 Å². The Labute approximate surface area is 247 Å². The Balaban J connectivity index is 1.63. The SMILES string of the molecule is CCC(=O)N(c1ccc(C)cc1C)c1cc2c(cc1C)Oc1cc(N(CC)CC)ccc1C21OC(=O)c2ccccc21. The second kappa shape index (κ2) is 10.4. The fourth-order valence-corrected chi connectivity index (χ4v) is 6.44. The minimum atomic E-state index is -1.22. The largest absolute Gasteiger partial charge is 0.456 e. The van der Waals surface area contributed by atoms with Crippen molar-refractivity contribution in [2.45, 2.75) is 53.6 Å². The molecule has 2 aliphatic heterocycles. The molecule has 2 heterocycles. The average molecular weight is 561 g/mol. The first-order chi connectivity index (χ1) is 20.2. The zero-order chi connectivity index (χ0) is 29.8. The van der Waals surface area contributed by atoms with E-state index in [2.05, 4.69) is 30.9 Å². The Kier molecular flexibility index (Phi) is 6.80. The molecule has 0 saturated carbocycles. The Morgan fingerprint density at radius 3 is 2.19 bits per heavy atom. The van der Waals surface area contributed by atoms with Gasteiger partial charge in [-0.1, -0.05) is 42.8 Å². The van der Waals surface area contributed by atoms with E-state index in [-0.39, 0.29) is 11.9 Å². The molecule has 0 saturated heterocycles. The fraction of sp³-hybridized carbons (Fsp3) is 0.278. The van der Waals surface area contributed by atoms with Crippen molar-refractivity contribution in [1.82, 2.24) is 0 Å². The van der Waals surface area contributed by atoms with Gasteiger partial charge < -0.3 is 14.4 Å². The van der Waals surface area contributed by atoms with E-state index in [1.807, 2.05) is 88.4 Å². The number of hydrogen-bond donors (Lipinski definition) is 0. The van der Waals surface area contributed by atoms with Gasteiger partial charge >= 0.3 is 5.97 Å². The Bertz CT molecular complexity index is 1740. The van der Waals surface area contributed by atoms with Gasteiger partial charge in [0.2, 0.25) is 5.91 Å². The number of esters is 1. The van der Waals surface area contributed by atoms with E-state index >= 15 is 0 Å². The number of rotatable bonds is 6. The molecule has 6 nitrogen and oxygen atoms in total. The highest BCUT2D eigenvalue weighted by Crippen LogP contribution is 2.57. The number of ether oxygens (including phenoxy) is 2. The number of nitrogens with zero attached hydrogens (tertiary/aromatic N) is 2. The lowest BCUT2D eigenvalue weighted by Crippen LogP contribution is -2.34. The number of hydrogen-bond acceptors (Lipinski definition) is 5. The summed E-state index contributed by atoms with van der Waals surface area (Å²) in [6, 6.07) is 23.7. The van der Waals surface area contributed by atoms with Crippen molar-refractivity contribution < 1.29 is 19.1 Å². The number of carbonyl (C=O) groups excluding carboxylic acids is 2. The summed E-state index contributed by atoms with van der Waals surface area (Å²) in [6.07, 6.45) is 0.334. The third-order valence-corrected chi connectivity index (χ3v) is 8.53. The predicted octanol–water partition coefficient (Wildman–Crippen LogP) is 8.10. The van der Waals surface area contributed by atoms with Crippen molar-refractivity contribution in [3.63, 3.8) is 0 Å². The molecule has 2 aliphatic rings. The van der Waals surface area contributed by atoms with Gasteiger partial charge in [0.25, 0.3) is 0 Å². The minimum Gasteiger partial charge on any atom is -0.456 e. The molecular formula is C36H36N2O4. The number of aryl methyl sites for hydroxylation is 3. The highest BCUT2D eigenvalue weighted by molar-refractivity contribution is 6.02. The number of anilines is 3. The summed E-state index contributed by atoms with van der Waals surface area (Å²) in [5, 5.41) is 0. The molecule has 0 radical (unpaired) electrons. The Morgan fingerprint density at radius 1 is 0.762 bits per heavy atom. The van der Waals surface area contributed by atoms with E-state index in [4.69, 9.17) is 9.47 Å². The first-order valence-corrected chi connectivity index (χ1v) is 14.7. The van der Waals surface area contributed by atoms with E-state index in [1.165, 1.54) is 0 Å². The molecule has 1 atom stereocenters. The van der Waals surface area contributed by atoms with Gasteiger partial charge in [0.1, 0.15) is 11.5 Å². The second-order valence-corrected chi connectivity index (χ2v) is 11.1. The van der Waals surface area contributed by atoms with Crippen LogP contribution in [0.25, 0.3) is 0 Å². The molecule has 0 N–H and O–H groups in total.